The molecule has 2 N–H and O–H groups in total. The van der Waals surface area contributed by atoms with Crippen molar-refractivity contribution in [2.75, 3.05) is 33.3 Å². The van der Waals surface area contributed by atoms with Crippen molar-refractivity contribution in [1.82, 2.24) is 20.1 Å². The molecule has 6 rings (SSSR count). The molecule has 46 heavy (non-hydrogen) atoms. The maximum Gasteiger partial charge on any atom is 0.270 e. The SMILES string of the molecule is CCCN1CC(=O)N[C@H]2CCN(C(=O)c3[nH]c4c(c3C)C(=O)CCC4)C[C@@H]2OCc2cccc(c2)Oc2cc(ccc2OC)C1=O. The summed E-state index contributed by atoms with van der Waals surface area (Å²) >= 11 is 0. The molecule has 3 amide bonds. The third-order valence-corrected chi connectivity index (χ3v) is 8.96. The monoisotopic (exact) mass is 628 g/mol. The van der Waals surface area contributed by atoms with Gasteiger partial charge in [0, 0.05) is 42.9 Å². The number of benzene rings is 2. The van der Waals surface area contributed by atoms with Crippen molar-refractivity contribution in [2.45, 2.75) is 64.7 Å². The Morgan fingerprint density at radius 1 is 1.11 bits per heavy atom. The molecule has 1 fully saturated rings. The largest absolute Gasteiger partial charge is 0.493 e. The van der Waals surface area contributed by atoms with Gasteiger partial charge in [0.25, 0.3) is 11.8 Å². The Balaban J connectivity index is 1.29. The van der Waals surface area contributed by atoms with Crippen molar-refractivity contribution in [1.29, 1.82) is 0 Å². The average molecular weight is 629 g/mol. The summed E-state index contributed by atoms with van der Waals surface area (Å²) in [6.07, 6.45) is 2.62. The fourth-order valence-electron chi connectivity index (χ4n) is 6.63. The Labute approximate surface area is 268 Å². The van der Waals surface area contributed by atoms with Crippen molar-refractivity contribution < 1.29 is 33.4 Å². The van der Waals surface area contributed by atoms with Gasteiger partial charge in [-0.05, 0) is 74.1 Å². The van der Waals surface area contributed by atoms with E-state index in [1.54, 1.807) is 23.1 Å². The van der Waals surface area contributed by atoms with Crippen LogP contribution in [0.1, 0.15) is 80.6 Å². The topological polar surface area (TPSA) is 130 Å². The van der Waals surface area contributed by atoms with Crippen LogP contribution >= 0.6 is 0 Å². The molecule has 1 saturated heterocycles. The Hall–Kier alpha value is -4.64. The van der Waals surface area contributed by atoms with Crippen LogP contribution in [0.2, 0.25) is 0 Å². The van der Waals surface area contributed by atoms with Gasteiger partial charge in [-0.3, -0.25) is 19.2 Å². The maximum absolute atomic E-state index is 13.8. The van der Waals surface area contributed by atoms with Crippen LogP contribution < -0.4 is 14.8 Å². The third kappa shape index (κ3) is 6.37. The van der Waals surface area contributed by atoms with Crippen LogP contribution in [0, 0.1) is 6.92 Å². The molecule has 3 aromatic rings. The lowest BCUT2D eigenvalue weighted by Crippen LogP contribution is -2.57. The third-order valence-electron chi connectivity index (χ3n) is 8.96. The van der Waals surface area contributed by atoms with Gasteiger partial charge in [0.2, 0.25) is 5.91 Å². The van der Waals surface area contributed by atoms with Crippen molar-refractivity contribution in [3.8, 4) is 17.2 Å². The van der Waals surface area contributed by atoms with E-state index in [0.29, 0.717) is 72.0 Å². The summed E-state index contributed by atoms with van der Waals surface area (Å²) in [5.74, 6) is 0.689. The molecule has 0 radical (unpaired) electrons. The standard InChI is InChI=1S/C35H40N4O7/c1-4-14-38-19-31(41)36-25-13-15-39(35(43)33-21(2)32-26(37-33)9-6-10-27(32)40)18-30(25)45-20-22-7-5-8-24(16-22)46-29-17-23(34(38)42)11-12-28(29)44-3/h5,7-8,11-12,16-17,25,30,37H,4,6,9-10,13-15,18-20H2,1-3H3,(H,36,41)/t25-,30-/m0/s1. The Bertz CT molecular complexity index is 1660. The summed E-state index contributed by atoms with van der Waals surface area (Å²) in [6, 6.07) is 12.1. The molecule has 242 valence electrons. The molecular weight excluding hydrogens is 588 g/mol. The number of hydrogen-bond acceptors (Lipinski definition) is 7. The molecule has 0 unspecified atom stereocenters. The fraction of sp³-hybridized carbons (Fsp3) is 0.429. The van der Waals surface area contributed by atoms with Gasteiger partial charge >= 0.3 is 0 Å². The van der Waals surface area contributed by atoms with Crippen molar-refractivity contribution >= 4 is 23.5 Å². The Morgan fingerprint density at radius 3 is 2.74 bits per heavy atom. The van der Waals surface area contributed by atoms with Gasteiger partial charge in [0.05, 0.1) is 32.4 Å². The number of aromatic nitrogens is 1. The highest BCUT2D eigenvalue weighted by Crippen LogP contribution is 2.34. The number of methoxy groups -OCH3 is 1. The molecule has 3 aliphatic rings. The Kier molecular flexibility index (Phi) is 9.12. The van der Waals surface area contributed by atoms with E-state index in [1.807, 2.05) is 38.1 Å². The highest BCUT2D eigenvalue weighted by Gasteiger charge is 2.36. The van der Waals surface area contributed by atoms with Crippen LogP contribution in [-0.4, -0.2) is 83.7 Å². The molecule has 4 bridgehead atoms. The number of likely N-dealkylation sites (tertiary alicyclic amines) is 1. The first-order chi connectivity index (χ1) is 22.2. The first-order valence-corrected chi connectivity index (χ1v) is 15.9. The maximum atomic E-state index is 13.8. The number of nitrogens with zero attached hydrogens (tertiary/aromatic N) is 2. The highest BCUT2D eigenvalue weighted by atomic mass is 16.5. The summed E-state index contributed by atoms with van der Waals surface area (Å²) in [4.78, 5) is 60.0. The number of Topliss-reactive ketones (excluding diaryl/α,β-unsaturated/α-hetero) is 1. The first-order valence-electron chi connectivity index (χ1n) is 15.9. The fourth-order valence-corrected chi connectivity index (χ4v) is 6.63. The zero-order valence-electron chi connectivity index (χ0n) is 26.5. The molecule has 11 heteroatoms. The molecule has 1 aliphatic carbocycles. The zero-order valence-corrected chi connectivity index (χ0v) is 26.5. The molecule has 2 aliphatic heterocycles. The quantitative estimate of drug-likeness (QED) is 0.437. The molecule has 1 aromatic heterocycles. The molecule has 2 aromatic carbocycles. The molecule has 0 saturated carbocycles. The van der Waals surface area contributed by atoms with Gasteiger partial charge in [-0.1, -0.05) is 19.1 Å². The predicted molar refractivity (Wildman–Crippen MR) is 170 cm³/mol. The number of ketones is 1. The zero-order chi connectivity index (χ0) is 32.4. The lowest BCUT2D eigenvalue weighted by Gasteiger charge is -2.39. The number of fused-ring (bicyclic) bond motifs is 6. The lowest BCUT2D eigenvalue weighted by atomic mass is 9.93. The van der Waals surface area contributed by atoms with Crippen molar-refractivity contribution in [3.63, 3.8) is 0 Å². The smallest absolute Gasteiger partial charge is 0.270 e. The van der Waals surface area contributed by atoms with Crippen molar-refractivity contribution in [3.05, 3.63) is 76.1 Å². The summed E-state index contributed by atoms with van der Waals surface area (Å²) in [5.41, 5.74) is 3.83. The molecule has 0 spiro atoms. The van der Waals surface area contributed by atoms with Gasteiger partial charge in [-0.2, -0.15) is 0 Å². The molecule has 2 atom stereocenters. The van der Waals surface area contributed by atoms with Crippen LogP contribution in [0.4, 0.5) is 0 Å². The number of carbonyl (C=O) groups is 4. The normalized spacial score (nSPS) is 20.4. The van der Waals surface area contributed by atoms with Crippen LogP contribution in [0.3, 0.4) is 0 Å². The number of piperidine rings is 1. The van der Waals surface area contributed by atoms with Gasteiger partial charge in [0.15, 0.2) is 17.3 Å². The second kappa shape index (κ2) is 13.4. The van der Waals surface area contributed by atoms with Crippen LogP contribution in [0.25, 0.3) is 0 Å². The average Bonchev–Trinajstić information content (AvgIpc) is 3.40. The van der Waals surface area contributed by atoms with E-state index in [9.17, 15) is 19.2 Å². The summed E-state index contributed by atoms with van der Waals surface area (Å²) < 4.78 is 18.1. The number of aromatic amines is 1. The second-order valence-electron chi connectivity index (χ2n) is 12.2. The number of nitrogens with one attached hydrogen (secondary N) is 2. The number of H-pyrrole nitrogens is 1. The van der Waals surface area contributed by atoms with Gasteiger partial charge in [0.1, 0.15) is 11.4 Å². The van der Waals surface area contributed by atoms with Crippen LogP contribution in [0.5, 0.6) is 17.2 Å². The molecule has 11 nitrogen and oxygen atoms in total. The first kappa shape index (κ1) is 31.3. The predicted octanol–water partition coefficient (Wildman–Crippen LogP) is 4.42. The molecule has 3 heterocycles. The van der Waals surface area contributed by atoms with E-state index < -0.39 is 6.10 Å². The van der Waals surface area contributed by atoms with Gasteiger partial charge < -0.3 is 34.3 Å². The van der Waals surface area contributed by atoms with Gasteiger partial charge in [-0.25, -0.2) is 0 Å². The van der Waals surface area contributed by atoms with Crippen LogP contribution in [0.15, 0.2) is 42.5 Å². The van der Waals surface area contributed by atoms with E-state index in [2.05, 4.69) is 10.3 Å². The number of aryl methyl sites for hydroxylation is 1. The molecular formula is C35H40N4O7. The minimum atomic E-state index is -0.520. The second-order valence-corrected chi connectivity index (χ2v) is 12.2. The van der Waals surface area contributed by atoms with E-state index in [-0.39, 0.29) is 49.2 Å². The highest BCUT2D eigenvalue weighted by molar-refractivity contribution is 6.04. The summed E-state index contributed by atoms with van der Waals surface area (Å²) in [5, 5.41) is 3.10. The number of amides is 3. The van der Waals surface area contributed by atoms with E-state index >= 15 is 0 Å². The van der Waals surface area contributed by atoms with Crippen molar-refractivity contribution in [2.24, 2.45) is 0 Å². The van der Waals surface area contributed by atoms with Crippen LogP contribution in [-0.2, 0) is 22.6 Å². The van der Waals surface area contributed by atoms with E-state index in [1.165, 1.54) is 12.0 Å². The lowest BCUT2D eigenvalue weighted by molar-refractivity contribution is -0.124. The summed E-state index contributed by atoms with van der Waals surface area (Å²) in [6.45, 7) is 4.91. The minimum absolute atomic E-state index is 0.0730. The number of carbonyl (C=O) groups excluding carboxylic acids is 4. The van der Waals surface area contributed by atoms with E-state index in [0.717, 1.165) is 24.1 Å². The van der Waals surface area contributed by atoms with Gasteiger partial charge in [-0.15, -0.1) is 0 Å². The number of hydrogen-bond donors (Lipinski definition) is 2. The Morgan fingerprint density at radius 2 is 1.96 bits per heavy atom. The minimum Gasteiger partial charge on any atom is -0.493 e. The number of rotatable bonds is 4. The summed E-state index contributed by atoms with van der Waals surface area (Å²) in [7, 11) is 1.53. The van der Waals surface area contributed by atoms with E-state index in [4.69, 9.17) is 14.2 Å². The number of ether oxygens (including phenoxy) is 3.